The quantitative estimate of drug-likeness (QED) is 0.560. The van der Waals surface area contributed by atoms with Crippen molar-refractivity contribution in [3.8, 4) is 17.6 Å². The summed E-state index contributed by atoms with van der Waals surface area (Å²) in [4.78, 5) is 4.33. The third kappa shape index (κ3) is 5.86. The number of pyridine rings is 1. The molecule has 1 aliphatic rings. The van der Waals surface area contributed by atoms with Crippen LogP contribution in [0.2, 0.25) is 0 Å². The van der Waals surface area contributed by atoms with Crippen molar-refractivity contribution in [2.75, 3.05) is 6.61 Å². The molecular formula is C25H31NO. The highest BCUT2D eigenvalue weighted by molar-refractivity contribution is 5.42. The van der Waals surface area contributed by atoms with Gasteiger partial charge in [-0.1, -0.05) is 44.2 Å². The van der Waals surface area contributed by atoms with Crippen LogP contribution in [-0.2, 0) is 0 Å². The van der Waals surface area contributed by atoms with Gasteiger partial charge in [-0.2, -0.15) is 0 Å². The molecule has 0 unspecified atom stereocenters. The van der Waals surface area contributed by atoms with Gasteiger partial charge in [0.05, 0.1) is 12.8 Å². The summed E-state index contributed by atoms with van der Waals surface area (Å²) in [5, 5.41) is 0. The lowest BCUT2D eigenvalue weighted by Gasteiger charge is -2.28. The van der Waals surface area contributed by atoms with Crippen LogP contribution in [-0.4, -0.2) is 11.6 Å². The molecule has 142 valence electrons. The van der Waals surface area contributed by atoms with Crippen molar-refractivity contribution in [3.05, 3.63) is 59.4 Å². The molecule has 0 aliphatic heterocycles. The fraction of sp³-hybridized carbons (Fsp3) is 0.480. The molecule has 0 radical (unpaired) electrons. The Morgan fingerprint density at radius 3 is 2.37 bits per heavy atom. The number of nitrogens with zero attached hydrogens (tertiary/aromatic N) is 1. The molecule has 0 N–H and O–H groups in total. The molecule has 1 aromatic heterocycles. The number of rotatable bonds is 6. The van der Waals surface area contributed by atoms with Gasteiger partial charge < -0.3 is 4.74 Å². The van der Waals surface area contributed by atoms with Crippen LogP contribution < -0.4 is 4.74 Å². The lowest BCUT2D eigenvalue weighted by molar-refractivity contribution is 0.304. The van der Waals surface area contributed by atoms with E-state index in [1.54, 1.807) is 6.20 Å². The van der Waals surface area contributed by atoms with E-state index in [4.69, 9.17) is 4.74 Å². The van der Waals surface area contributed by atoms with Gasteiger partial charge in [-0.3, -0.25) is 0 Å². The molecule has 0 amide bonds. The molecule has 3 rings (SSSR count). The van der Waals surface area contributed by atoms with Crippen LogP contribution in [0, 0.1) is 17.8 Å². The highest BCUT2D eigenvalue weighted by Gasteiger charge is 2.21. The second-order valence-corrected chi connectivity index (χ2v) is 7.54. The van der Waals surface area contributed by atoms with E-state index in [1.165, 1.54) is 50.5 Å². The van der Waals surface area contributed by atoms with E-state index in [2.05, 4.69) is 48.0 Å². The summed E-state index contributed by atoms with van der Waals surface area (Å²) in [6.07, 6.45) is 11.4. The highest BCUT2D eigenvalue weighted by Crippen LogP contribution is 2.37. The van der Waals surface area contributed by atoms with Gasteiger partial charge in [0.25, 0.3) is 0 Å². The first-order valence-electron chi connectivity index (χ1n) is 10.5. The molecule has 1 saturated carbocycles. The Morgan fingerprint density at radius 2 is 1.74 bits per heavy atom. The van der Waals surface area contributed by atoms with Gasteiger partial charge in [0.1, 0.15) is 11.4 Å². The largest absolute Gasteiger partial charge is 0.492 e. The van der Waals surface area contributed by atoms with E-state index in [-0.39, 0.29) is 0 Å². The predicted molar refractivity (Wildman–Crippen MR) is 112 cm³/mol. The average molecular weight is 362 g/mol. The van der Waals surface area contributed by atoms with Gasteiger partial charge in [0.2, 0.25) is 0 Å². The topological polar surface area (TPSA) is 22.1 Å². The van der Waals surface area contributed by atoms with Crippen LogP contribution in [0.4, 0.5) is 0 Å². The summed E-state index contributed by atoms with van der Waals surface area (Å²) in [5.41, 5.74) is 3.30. The van der Waals surface area contributed by atoms with Crippen LogP contribution in [0.15, 0.2) is 42.6 Å². The van der Waals surface area contributed by atoms with Gasteiger partial charge in [-0.25, -0.2) is 4.98 Å². The van der Waals surface area contributed by atoms with Crippen molar-refractivity contribution < 1.29 is 4.74 Å². The Kier molecular flexibility index (Phi) is 7.34. The molecule has 0 spiro atoms. The molecule has 0 saturated heterocycles. The molecule has 1 heterocycles. The van der Waals surface area contributed by atoms with Crippen LogP contribution >= 0.6 is 0 Å². The molecule has 1 aromatic carbocycles. The van der Waals surface area contributed by atoms with Gasteiger partial charge in [-0.05, 0) is 80.2 Å². The minimum atomic E-state index is 0.652. The van der Waals surface area contributed by atoms with Gasteiger partial charge in [-0.15, -0.1) is 0 Å². The number of hydrogen-bond donors (Lipinski definition) is 0. The summed E-state index contributed by atoms with van der Waals surface area (Å²) < 4.78 is 5.41. The van der Waals surface area contributed by atoms with E-state index in [0.717, 1.165) is 28.8 Å². The number of hydrogen-bond acceptors (Lipinski definition) is 2. The van der Waals surface area contributed by atoms with Crippen LogP contribution in [0.1, 0.15) is 81.5 Å². The zero-order valence-corrected chi connectivity index (χ0v) is 16.7. The van der Waals surface area contributed by atoms with Gasteiger partial charge in [0.15, 0.2) is 0 Å². The van der Waals surface area contributed by atoms with E-state index in [9.17, 15) is 0 Å². The van der Waals surface area contributed by atoms with Crippen LogP contribution in [0.3, 0.4) is 0 Å². The minimum Gasteiger partial charge on any atom is -0.492 e. The smallest absolute Gasteiger partial charge is 0.137 e. The highest BCUT2D eigenvalue weighted by atomic mass is 16.5. The normalized spacial score (nSPS) is 19.2. The molecule has 27 heavy (non-hydrogen) atoms. The maximum atomic E-state index is 5.41. The molecule has 1 aliphatic carbocycles. The van der Waals surface area contributed by atoms with Crippen molar-refractivity contribution in [2.24, 2.45) is 5.92 Å². The molecule has 2 heteroatoms. The third-order valence-corrected chi connectivity index (χ3v) is 5.58. The van der Waals surface area contributed by atoms with Gasteiger partial charge >= 0.3 is 0 Å². The Bertz CT molecular complexity index is 744. The Hall–Kier alpha value is -2.27. The van der Waals surface area contributed by atoms with Crippen molar-refractivity contribution in [3.63, 3.8) is 0 Å². The first-order chi connectivity index (χ1) is 13.3. The first-order valence-corrected chi connectivity index (χ1v) is 10.5. The van der Waals surface area contributed by atoms with Crippen LogP contribution in [0.5, 0.6) is 5.75 Å². The Balaban J connectivity index is 1.55. The summed E-state index contributed by atoms with van der Waals surface area (Å²) in [6, 6.07) is 12.7. The fourth-order valence-electron chi connectivity index (χ4n) is 3.96. The van der Waals surface area contributed by atoms with Crippen molar-refractivity contribution >= 4 is 0 Å². The van der Waals surface area contributed by atoms with Crippen molar-refractivity contribution in [1.29, 1.82) is 0 Å². The molecule has 1 fully saturated rings. The molecule has 2 aromatic rings. The lowest BCUT2D eigenvalue weighted by Crippen LogP contribution is -2.13. The Labute approximate surface area is 164 Å². The van der Waals surface area contributed by atoms with Crippen molar-refractivity contribution in [1.82, 2.24) is 4.98 Å². The first kappa shape index (κ1) is 19.5. The number of unbranched alkanes of at least 4 members (excludes halogenated alkanes) is 1. The molecular weight excluding hydrogens is 330 g/mol. The average Bonchev–Trinajstić information content (AvgIpc) is 2.73. The van der Waals surface area contributed by atoms with E-state index in [1.807, 2.05) is 19.1 Å². The zero-order valence-electron chi connectivity index (χ0n) is 16.7. The summed E-state index contributed by atoms with van der Waals surface area (Å²) in [7, 11) is 0. The SMILES string of the molecule is CCCCC1CCC(c2ccc(C#Cc3ccc(OCC)cn3)cc2)CC1. The third-order valence-electron chi connectivity index (χ3n) is 5.58. The number of benzene rings is 1. The maximum Gasteiger partial charge on any atom is 0.137 e. The Morgan fingerprint density at radius 1 is 0.963 bits per heavy atom. The maximum absolute atomic E-state index is 5.41. The zero-order chi connectivity index (χ0) is 18.9. The standard InChI is InChI=1S/C25H31NO/c1-3-5-6-20-7-12-22(13-8-20)23-14-9-21(10-15-23)11-16-24-17-18-25(19-26-24)27-4-2/h9-10,14-15,17-20,22H,3-8,12-13H2,1-2H3. The van der Waals surface area contributed by atoms with E-state index in [0.29, 0.717) is 6.61 Å². The second-order valence-electron chi connectivity index (χ2n) is 7.54. The number of ether oxygens (including phenoxy) is 1. The van der Waals surface area contributed by atoms with Crippen LogP contribution in [0.25, 0.3) is 0 Å². The van der Waals surface area contributed by atoms with E-state index < -0.39 is 0 Å². The molecule has 2 nitrogen and oxygen atoms in total. The minimum absolute atomic E-state index is 0.652. The van der Waals surface area contributed by atoms with E-state index >= 15 is 0 Å². The summed E-state index contributed by atoms with van der Waals surface area (Å²) in [6.45, 7) is 4.91. The lowest BCUT2D eigenvalue weighted by atomic mass is 9.77. The molecule has 0 atom stereocenters. The van der Waals surface area contributed by atoms with Crippen molar-refractivity contribution in [2.45, 2.75) is 64.7 Å². The monoisotopic (exact) mass is 361 g/mol. The summed E-state index contributed by atoms with van der Waals surface area (Å²) in [5.74, 6) is 8.85. The predicted octanol–water partition coefficient (Wildman–Crippen LogP) is 6.34. The number of aromatic nitrogens is 1. The fourth-order valence-corrected chi connectivity index (χ4v) is 3.96. The second kappa shape index (κ2) is 10.2. The van der Waals surface area contributed by atoms with Gasteiger partial charge in [0, 0.05) is 5.56 Å². The summed E-state index contributed by atoms with van der Waals surface area (Å²) >= 11 is 0. The molecule has 0 bridgehead atoms.